The lowest BCUT2D eigenvalue weighted by Crippen LogP contribution is -2.07. The molecule has 17 heavy (non-hydrogen) atoms. The third-order valence-corrected chi connectivity index (χ3v) is 2.40. The predicted octanol–water partition coefficient (Wildman–Crippen LogP) is 1.13. The van der Waals surface area contributed by atoms with E-state index in [0.29, 0.717) is 10.9 Å². The van der Waals surface area contributed by atoms with Crippen LogP contribution in [-0.2, 0) is 11.3 Å². The molecule has 1 aromatic heterocycles. The van der Waals surface area contributed by atoms with E-state index in [9.17, 15) is 14.7 Å². The van der Waals surface area contributed by atoms with E-state index in [2.05, 4.69) is 0 Å². The monoisotopic (exact) mass is 235 g/mol. The molecule has 0 spiro atoms. The molecular formula is C11H9NO5. The van der Waals surface area contributed by atoms with Crippen LogP contribution in [0.5, 0.6) is 5.75 Å². The zero-order valence-electron chi connectivity index (χ0n) is 8.62. The first-order chi connectivity index (χ1) is 7.99. The number of nitrogens with zero attached hydrogens (tertiary/aromatic N) is 1. The first-order valence-electron chi connectivity index (χ1n) is 4.76. The van der Waals surface area contributed by atoms with Crippen LogP contribution in [0.4, 0.5) is 0 Å². The van der Waals surface area contributed by atoms with Gasteiger partial charge in [-0.2, -0.15) is 0 Å². The van der Waals surface area contributed by atoms with Crippen LogP contribution in [0.3, 0.4) is 0 Å². The molecule has 0 amide bonds. The molecule has 0 aliphatic rings. The largest absolute Gasteiger partial charge is 0.508 e. The Balaban J connectivity index is 2.70. The number of aromatic hydroxyl groups is 1. The molecule has 0 saturated heterocycles. The van der Waals surface area contributed by atoms with Gasteiger partial charge in [-0.05, 0) is 18.2 Å². The molecule has 88 valence electrons. The highest BCUT2D eigenvalue weighted by Gasteiger charge is 2.15. The standard InChI is InChI=1S/C11H9NO5/c13-6-1-2-9-7(3-6)8(11(16)17)4-12(9)5-10(14)15/h1-4,13H,5H2,(H,14,15)(H,16,17). The Kier molecular flexibility index (Phi) is 2.47. The molecule has 0 radical (unpaired) electrons. The van der Waals surface area contributed by atoms with Crippen LogP contribution >= 0.6 is 0 Å². The van der Waals surface area contributed by atoms with Crippen molar-refractivity contribution >= 4 is 22.8 Å². The maximum atomic E-state index is 11.0. The van der Waals surface area contributed by atoms with Crippen molar-refractivity contribution in [1.29, 1.82) is 0 Å². The van der Waals surface area contributed by atoms with Gasteiger partial charge < -0.3 is 19.9 Å². The number of phenols is 1. The van der Waals surface area contributed by atoms with E-state index in [4.69, 9.17) is 10.2 Å². The summed E-state index contributed by atoms with van der Waals surface area (Å²) in [6.07, 6.45) is 1.25. The summed E-state index contributed by atoms with van der Waals surface area (Å²) in [7, 11) is 0. The number of carbonyl (C=O) groups is 2. The molecule has 2 aromatic rings. The van der Waals surface area contributed by atoms with Crippen LogP contribution in [0.25, 0.3) is 10.9 Å². The van der Waals surface area contributed by atoms with Crippen molar-refractivity contribution in [2.24, 2.45) is 0 Å². The molecule has 0 unspecified atom stereocenters. The molecule has 1 aromatic carbocycles. The van der Waals surface area contributed by atoms with Gasteiger partial charge in [0.05, 0.1) is 5.56 Å². The number of hydrogen-bond acceptors (Lipinski definition) is 3. The molecule has 0 aliphatic heterocycles. The van der Waals surface area contributed by atoms with Gasteiger partial charge in [-0.3, -0.25) is 4.79 Å². The first-order valence-corrected chi connectivity index (χ1v) is 4.76. The third-order valence-electron chi connectivity index (χ3n) is 2.40. The first kappa shape index (κ1) is 11.0. The molecule has 0 fully saturated rings. The summed E-state index contributed by atoms with van der Waals surface area (Å²) in [6.45, 7) is -0.325. The van der Waals surface area contributed by atoms with Gasteiger partial charge in [-0.25, -0.2) is 4.79 Å². The number of aromatic nitrogens is 1. The number of carboxylic acids is 2. The lowest BCUT2D eigenvalue weighted by Gasteiger charge is -2.00. The SMILES string of the molecule is O=C(O)Cn1cc(C(=O)O)c2cc(O)ccc21. The van der Waals surface area contributed by atoms with E-state index < -0.39 is 11.9 Å². The molecule has 2 rings (SSSR count). The molecule has 0 bridgehead atoms. The van der Waals surface area contributed by atoms with Crippen LogP contribution in [0, 0.1) is 0 Å². The average Bonchev–Trinajstić information content (AvgIpc) is 2.55. The second-order valence-corrected chi connectivity index (χ2v) is 3.57. The van der Waals surface area contributed by atoms with E-state index >= 15 is 0 Å². The van der Waals surface area contributed by atoms with Crippen molar-refractivity contribution in [1.82, 2.24) is 4.57 Å². The topological polar surface area (TPSA) is 99.8 Å². The summed E-state index contributed by atoms with van der Waals surface area (Å²) >= 11 is 0. The minimum atomic E-state index is -1.16. The zero-order chi connectivity index (χ0) is 12.6. The smallest absolute Gasteiger partial charge is 0.337 e. The summed E-state index contributed by atoms with van der Waals surface area (Å²) in [5, 5.41) is 27.3. The van der Waals surface area contributed by atoms with Crippen LogP contribution in [0.2, 0.25) is 0 Å². The Labute approximate surface area is 95.3 Å². The molecule has 0 atom stereocenters. The summed E-state index contributed by atoms with van der Waals surface area (Å²) in [4.78, 5) is 21.6. The fourth-order valence-corrected chi connectivity index (χ4v) is 1.73. The molecule has 0 saturated carbocycles. The second-order valence-electron chi connectivity index (χ2n) is 3.57. The second kappa shape index (κ2) is 3.82. The fraction of sp³-hybridized carbons (Fsp3) is 0.0909. The number of aromatic carboxylic acids is 1. The highest BCUT2D eigenvalue weighted by molar-refractivity contribution is 6.04. The van der Waals surface area contributed by atoms with Crippen molar-refractivity contribution < 1.29 is 24.9 Å². The number of hydrogen-bond donors (Lipinski definition) is 3. The van der Waals surface area contributed by atoms with Crippen molar-refractivity contribution in [3.05, 3.63) is 30.0 Å². The average molecular weight is 235 g/mol. The number of fused-ring (bicyclic) bond motifs is 1. The van der Waals surface area contributed by atoms with Gasteiger partial charge in [-0.1, -0.05) is 0 Å². The maximum Gasteiger partial charge on any atom is 0.337 e. The number of benzene rings is 1. The lowest BCUT2D eigenvalue weighted by molar-refractivity contribution is -0.137. The Morgan fingerprint density at radius 2 is 1.94 bits per heavy atom. The van der Waals surface area contributed by atoms with Gasteiger partial charge in [0, 0.05) is 17.1 Å². The lowest BCUT2D eigenvalue weighted by atomic mass is 10.2. The van der Waals surface area contributed by atoms with E-state index in [1.165, 1.54) is 29.0 Å². The highest BCUT2D eigenvalue weighted by Crippen LogP contribution is 2.25. The van der Waals surface area contributed by atoms with Gasteiger partial charge in [-0.15, -0.1) is 0 Å². The summed E-state index contributed by atoms with van der Waals surface area (Å²) < 4.78 is 1.32. The molecule has 3 N–H and O–H groups in total. The number of aliphatic carboxylic acids is 1. The maximum absolute atomic E-state index is 11.0. The van der Waals surface area contributed by atoms with Crippen molar-refractivity contribution in [2.45, 2.75) is 6.54 Å². The predicted molar refractivity (Wildman–Crippen MR) is 58.2 cm³/mol. The number of carboxylic acid groups (broad SMARTS) is 2. The Bertz CT molecular complexity index is 614. The van der Waals surface area contributed by atoms with Gasteiger partial charge in [0.2, 0.25) is 0 Å². The van der Waals surface area contributed by atoms with E-state index in [-0.39, 0.29) is 17.9 Å². The minimum absolute atomic E-state index is 0.0304. The van der Waals surface area contributed by atoms with Crippen LogP contribution in [0.15, 0.2) is 24.4 Å². The third kappa shape index (κ3) is 1.92. The number of phenolic OH excluding ortho intramolecular Hbond substituents is 1. The van der Waals surface area contributed by atoms with Crippen LogP contribution in [-0.4, -0.2) is 31.8 Å². The van der Waals surface area contributed by atoms with E-state index in [1.54, 1.807) is 0 Å². The quantitative estimate of drug-likeness (QED) is 0.740. The van der Waals surface area contributed by atoms with Gasteiger partial charge in [0.15, 0.2) is 0 Å². The minimum Gasteiger partial charge on any atom is -0.508 e. The Morgan fingerprint density at radius 1 is 1.24 bits per heavy atom. The molecular weight excluding hydrogens is 226 g/mol. The summed E-state index contributed by atoms with van der Waals surface area (Å²) in [5.74, 6) is -2.29. The molecule has 6 heteroatoms. The van der Waals surface area contributed by atoms with Crippen molar-refractivity contribution in [3.8, 4) is 5.75 Å². The Morgan fingerprint density at radius 3 is 2.53 bits per heavy atom. The van der Waals surface area contributed by atoms with Crippen molar-refractivity contribution in [2.75, 3.05) is 0 Å². The van der Waals surface area contributed by atoms with Gasteiger partial charge in [0.1, 0.15) is 12.3 Å². The van der Waals surface area contributed by atoms with Gasteiger partial charge >= 0.3 is 11.9 Å². The molecule has 1 heterocycles. The Hall–Kier alpha value is -2.50. The van der Waals surface area contributed by atoms with E-state index in [1.807, 2.05) is 0 Å². The van der Waals surface area contributed by atoms with Crippen LogP contribution < -0.4 is 0 Å². The summed E-state index contributed by atoms with van der Waals surface area (Å²) in [6, 6.07) is 4.17. The number of rotatable bonds is 3. The van der Waals surface area contributed by atoms with Crippen molar-refractivity contribution in [3.63, 3.8) is 0 Å². The highest BCUT2D eigenvalue weighted by atomic mass is 16.4. The normalized spacial score (nSPS) is 10.6. The van der Waals surface area contributed by atoms with Crippen LogP contribution in [0.1, 0.15) is 10.4 Å². The zero-order valence-corrected chi connectivity index (χ0v) is 8.62. The van der Waals surface area contributed by atoms with E-state index in [0.717, 1.165) is 0 Å². The van der Waals surface area contributed by atoms with Gasteiger partial charge in [0.25, 0.3) is 0 Å². The summed E-state index contributed by atoms with van der Waals surface area (Å²) in [5.41, 5.74) is 0.430. The fourth-order valence-electron chi connectivity index (χ4n) is 1.73. The molecule has 6 nitrogen and oxygen atoms in total. The molecule has 0 aliphatic carbocycles.